The fourth-order valence-corrected chi connectivity index (χ4v) is 5.66. The molecule has 2 N–H and O–H groups in total. The van der Waals surface area contributed by atoms with Crippen molar-refractivity contribution in [2.24, 2.45) is 0 Å². The first kappa shape index (κ1) is 30.5. The van der Waals surface area contributed by atoms with Gasteiger partial charge in [-0.3, -0.25) is 9.59 Å². The smallest absolute Gasteiger partial charge is 0.341 e. The van der Waals surface area contributed by atoms with Crippen molar-refractivity contribution in [3.05, 3.63) is 85.1 Å². The molecule has 238 valence electrons. The number of hydrogen-bond donors (Lipinski definition) is 2. The lowest BCUT2D eigenvalue weighted by atomic mass is 10.1. The number of ether oxygens (including phenoxy) is 2. The summed E-state index contributed by atoms with van der Waals surface area (Å²) in [6.45, 7) is 6.04. The number of piperazine rings is 1. The average Bonchev–Trinajstić information content (AvgIpc) is 2.99. The molecule has 0 spiro atoms. The van der Waals surface area contributed by atoms with Crippen LogP contribution < -0.4 is 25.2 Å². The third kappa shape index (κ3) is 4.94. The molecule has 15 heteroatoms. The Labute approximate surface area is 257 Å². The maximum Gasteiger partial charge on any atom is 0.341 e. The van der Waals surface area contributed by atoms with Crippen LogP contribution in [0.4, 0.5) is 18.9 Å². The topological polar surface area (TPSA) is 144 Å². The lowest BCUT2D eigenvalue weighted by molar-refractivity contribution is 0.0684. The third-order valence-electron chi connectivity index (χ3n) is 7.81. The number of anilines is 1. The minimum atomic E-state index is -1.44. The number of pyridine rings is 2. The minimum Gasteiger partial charge on any atom is -0.477 e. The van der Waals surface area contributed by atoms with Gasteiger partial charge in [0, 0.05) is 51.0 Å². The number of nitrogens with zero attached hydrogens (tertiary/aromatic N) is 4. The standard InChI is InChI=1S/C18H18FN3O4.C13H7F2NO4/c1-10-8-22-9-12(18(24)25)16(23)11-7-13(19)15(17(26-10)14(11)22)21-5-3-20(2)4-6-21;1-5-3-16-4-7(13(18)19)11(17)6-2-8(14)9(15)12(20-5)10(6)16/h7-9H,3-6H2,1-2H3,(H,24,25);2-4H,1H3,(H,18,19). The van der Waals surface area contributed by atoms with Crippen LogP contribution in [0.3, 0.4) is 0 Å². The van der Waals surface area contributed by atoms with E-state index in [2.05, 4.69) is 4.90 Å². The molecule has 0 saturated carbocycles. The summed E-state index contributed by atoms with van der Waals surface area (Å²) in [5.41, 5.74) is -1.83. The molecule has 0 radical (unpaired) electrons. The summed E-state index contributed by atoms with van der Waals surface area (Å²) in [6, 6.07) is 1.80. The van der Waals surface area contributed by atoms with Gasteiger partial charge in [-0.05, 0) is 33.0 Å². The van der Waals surface area contributed by atoms with Crippen molar-refractivity contribution >= 4 is 51.8 Å². The molecule has 3 aliphatic heterocycles. The zero-order valence-corrected chi connectivity index (χ0v) is 24.6. The SMILES string of the molecule is CC1=Cn2cc(C(=O)O)c(=O)c3cc(F)c(F)c(c32)O1.CC1=Cn2cc(C(=O)O)c(=O)c3cc(F)c(N4CCN(C)CC4)c(c32)O1. The summed E-state index contributed by atoms with van der Waals surface area (Å²) in [5.74, 6) is -5.30. The predicted molar refractivity (Wildman–Crippen MR) is 161 cm³/mol. The normalized spacial score (nSPS) is 15.4. The molecular formula is C31H25F3N4O8. The summed E-state index contributed by atoms with van der Waals surface area (Å²) in [4.78, 5) is 51.0. The zero-order chi connectivity index (χ0) is 33.2. The number of benzene rings is 2. The van der Waals surface area contributed by atoms with E-state index >= 15 is 0 Å². The number of aromatic nitrogens is 2. The molecule has 46 heavy (non-hydrogen) atoms. The summed E-state index contributed by atoms with van der Waals surface area (Å²) >= 11 is 0. The first-order chi connectivity index (χ1) is 21.8. The number of aromatic carboxylic acids is 2. The monoisotopic (exact) mass is 638 g/mol. The van der Waals surface area contributed by atoms with Crippen LogP contribution in [0.2, 0.25) is 0 Å². The number of carboxylic acid groups (broad SMARTS) is 2. The van der Waals surface area contributed by atoms with Gasteiger partial charge in [-0.1, -0.05) is 0 Å². The summed E-state index contributed by atoms with van der Waals surface area (Å²) < 4.78 is 56.0. The summed E-state index contributed by atoms with van der Waals surface area (Å²) in [5, 5.41) is 18.0. The van der Waals surface area contributed by atoms with Gasteiger partial charge in [0.05, 0.1) is 10.8 Å². The van der Waals surface area contributed by atoms with Crippen LogP contribution in [-0.2, 0) is 0 Å². The van der Waals surface area contributed by atoms with E-state index < -0.39 is 57.1 Å². The first-order valence-corrected chi connectivity index (χ1v) is 13.9. The van der Waals surface area contributed by atoms with E-state index in [9.17, 15) is 37.5 Å². The van der Waals surface area contributed by atoms with E-state index in [-0.39, 0.29) is 27.8 Å². The summed E-state index contributed by atoms with van der Waals surface area (Å²) in [7, 11) is 2.01. The van der Waals surface area contributed by atoms with Crippen molar-refractivity contribution in [1.29, 1.82) is 0 Å². The van der Waals surface area contributed by atoms with Gasteiger partial charge < -0.3 is 38.6 Å². The van der Waals surface area contributed by atoms with Crippen molar-refractivity contribution in [2.45, 2.75) is 13.8 Å². The molecular weight excluding hydrogens is 613 g/mol. The van der Waals surface area contributed by atoms with Crippen LogP contribution in [0, 0.1) is 17.5 Å². The Morgan fingerprint density at radius 1 is 0.739 bits per heavy atom. The van der Waals surface area contributed by atoms with E-state index in [1.165, 1.54) is 28.5 Å². The van der Waals surface area contributed by atoms with Gasteiger partial charge in [-0.2, -0.15) is 4.39 Å². The molecule has 12 nitrogen and oxygen atoms in total. The molecule has 7 rings (SSSR count). The molecule has 0 unspecified atom stereocenters. The van der Waals surface area contributed by atoms with E-state index in [1.807, 2.05) is 11.9 Å². The number of rotatable bonds is 3. The van der Waals surface area contributed by atoms with Crippen LogP contribution in [0.15, 0.2) is 45.6 Å². The predicted octanol–water partition coefficient (Wildman–Crippen LogP) is 3.99. The quantitative estimate of drug-likeness (QED) is 0.338. The Morgan fingerprint density at radius 3 is 1.70 bits per heavy atom. The lowest BCUT2D eigenvalue weighted by Gasteiger charge is -2.35. The highest BCUT2D eigenvalue weighted by Gasteiger charge is 2.29. The highest BCUT2D eigenvalue weighted by atomic mass is 19.2. The van der Waals surface area contributed by atoms with Gasteiger partial charge in [-0.25, -0.2) is 18.4 Å². The number of hydrogen-bond acceptors (Lipinski definition) is 8. The van der Waals surface area contributed by atoms with Gasteiger partial charge in [-0.15, -0.1) is 0 Å². The minimum absolute atomic E-state index is 0.000900. The molecule has 3 aliphatic rings. The van der Waals surface area contributed by atoms with Crippen molar-refractivity contribution < 1.29 is 42.4 Å². The van der Waals surface area contributed by atoms with Crippen molar-refractivity contribution in [1.82, 2.24) is 14.0 Å². The molecule has 2 aromatic carbocycles. The molecule has 0 atom stereocenters. The van der Waals surface area contributed by atoms with Crippen molar-refractivity contribution in [2.75, 3.05) is 38.1 Å². The second kappa shape index (κ2) is 11.1. The Bertz CT molecular complexity index is 2200. The Balaban J connectivity index is 0.000000167. The van der Waals surface area contributed by atoms with Crippen LogP contribution in [0.1, 0.15) is 34.6 Å². The second-order valence-electron chi connectivity index (χ2n) is 11.0. The largest absolute Gasteiger partial charge is 0.477 e. The van der Waals surface area contributed by atoms with Gasteiger partial charge in [0.1, 0.15) is 39.4 Å². The zero-order valence-electron chi connectivity index (χ0n) is 24.6. The van der Waals surface area contributed by atoms with Crippen LogP contribution in [-0.4, -0.2) is 69.4 Å². The Kier molecular flexibility index (Phi) is 7.35. The second-order valence-corrected chi connectivity index (χ2v) is 11.0. The van der Waals surface area contributed by atoms with E-state index in [4.69, 9.17) is 14.6 Å². The molecule has 2 aromatic heterocycles. The van der Waals surface area contributed by atoms with Crippen LogP contribution in [0.5, 0.6) is 11.5 Å². The van der Waals surface area contributed by atoms with E-state index in [0.29, 0.717) is 36.1 Å². The molecule has 5 heterocycles. The number of carbonyl (C=O) groups is 2. The van der Waals surface area contributed by atoms with E-state index in [1.54, 1.807) is 13.1 Å². The molecule has 0 aliphatic carbocycles. The van der Waals surface area contributed by atoms with E-state index in [0.717, 1.165) is 25.4 Å². The molecule has 1 saturated heterocycles. The van der Waals surface area contributed by atoms with Gasteiger partial charge >= 0.3 is 11.9 Å². The number of halogens is 3. The van der Waals surface area contributed by atoms with Crippen molar-refractivity contribution in [3.8, 4) is 11.5 Å². The van der Waals surface area contributed by atoms with Gasteiger partial charge in [0.2, 0.25) is 16.7 Å². The number of carboxylic acids is 2. The maximum absolute atomic E-state index is 15.0. The van der Waals surface area contributed by atoms with Crippen LogP contribution >= 0.6 is 0 Å². The third-order valence-corrected chi connectivity index (χ3v) is 7.81. The Hall–Kier alpha value is -5.57. The fraction of sp³-hybridized carbons (Fsp3) is 0.226. The molecule has 0 bridgehead atoms. The van der Waals surface area contributed by atoms with Crippen LogP contribution in [0.25, 0.3) is 34.2 Å². The van der Waals surface area contributed by atoms with Crippen molar-refractivity contribution in [3.63, 3.8) is 0 Å². The highest BCUT2D eigenvalue weighted by Crippen LogP contribution is 2.41. The summed E-state index contributed by atoms with van der Waals surface area (Å²) in [6.07, 6.45) is 5.29. The highest BCUT2D eigenvalue weighted by molar-refractivity contribution is 5.99. The Morgan fingerprint density at radius 2 is 1.20 bits per heavy atom. The maximum atomic E-state index is 15.0. The average molecular weight is 639 g/mol. The fourth-order valence-electron chi connectivity index (χ4n) is 5.66. The number of likely N-dealkylation sites (N-methyl/N-ethyl adjacent to an activating group) is 1. The van der Waals surface area contributed by atoms with Gasteiger partial charge in [0.25, 0.3) is 0 Å². The molecule has 4 aromatic rings. The molecule has 1 fully saturated rings. The first-order valence-electron chi connectivity index (χ1n) is 13.9. The van der Waals surface area contributed by atoms with Gasteiger partial charge in [0.15, 0.2) is 23.1 Å². The molecule has 0 amide bonds. The lowest BCUT2D eigenvalue weighted by Crippen LogP contribution is -2.45. The number of allylic oxidation sites excluding steroid dienone is 2.